The summed E-state index contributed by atoms with van der Waals surface area (Å²) in [6.07, 6.45) is 6.00. The van der Waals surface area contributed by atoms with Crippen LogP contribution in [0.2, 0.25) is 0 Å². The molecule has 2 saturated heterocycles. The summed E-state index contributed by atoms with van der Waals surface area (Å²) in [5.74, 6) is 0. The Morgan fingerprint density at radius 2 is 2.00 bits per heavy atom. The number of hydrogen-bond acceptors (Lipinski definition) is 6. The molecule has 2 aliphatic heterocycles. The average Bonchev–Trinajstić information content (AvgIpc) is 3.07. The van der Waals surface area contributed by atoms with E-state index in [1.165, 1.54) is 11.8 Å². The molecule has 0 amide bonds. The molecule has 2 aliphatic rings. The molecule has 7 heteroatoms. The number of likely N-dealkylation sites (tertiary alicyclic amines) is 1. The fourth-order valence-corrected chi connectivity index (χ4v) is 4.20. The Hall–Kier alpha value is -0.990. The molecule has 6 nitrogen and oxygen atoms in total. The molecule has 24 heavy (non-hydrogen) atoms. The van der Waals surface area contributed by atoms with Crippen molar-refractivity contribution < 1.29 is 13.3 Å². The summed E-state index contributed by atoms with van der Waals surface area (Å²) in [6, 6.07) is 8.04. The lowest BCUT2D eigenvalue weighted by atomic mass is 9.94. The molecule has 0 radical (unpaired) electrons. The number of piperidine rings is 1. The van der Waals surface area contributed by atoms with Gasteiger partial charge >= 0.3 is 0 Å². The van der Waals surface area contributed by atoms with E-state index in [0.29, 0.717) is 23.1 Å². The molecule has 1 aromatic carbocycles. The van der Waals surface area contributed by atoms with Crippen LogP contribution in [0.3, 0.4) is 0 Å². The highest BCUT2D eigenvalue weighted by atomic mass is 32.2. The average molecular weight is 353 g/mol. The standard InChI is InChI=1S/C17H27N3O3S/c1-20-16(13-6-8-15(9-7-13)24(2,21)22)4-3-5-17(20)18-12-14-10-11-23-19-14/h6-9,14,16-19H,3-5,10-12H2,1-2H3. The van der Waals surface area contributed by atoms with Crippen molar-refractivity contribution in [3.63, 3.8) is 0 Å². The van der Waals surface area contributed by atoms with Gasteiger partial charge in [-0.1, -0.05) is 12.1 Å². The second-order valence-corrected chi connectivity index (χ2v) is 8.85. The first-order chi connectivity index (χ1) is 11.4. The molecule has 3 unspecified atom stereocenters. The van der Waals surface area contributed by atoms with Crippen molar-refractivity contribution >= 4 is 9.84 Å². The van der Waals surface area contributed by atoms with E-state index in [0.717, 1.165) is 38.8 Å². The van der Waals surface area contributed by atoms with Crippen LogP contribution in [-0.4, -0.2) is 52.0 Å². The maximum atomic E-state index is 11.6. The van der Waals surface area contributed by atoms with E-state index in [9.17, 15) is 8.42 Å². The zero-order valence-corrected chi connectivity index (χ0v) is 15.2. The van der Waals surface area contributed by atoms with Crippen LogP contribution in [0.5, 0.6) is 0 Å². The quantitative estimate of drug-likeness (QED) is 0.835. The van der Waals surface area contributed by atoms with Crippen molar-refractivity contribution in [1.29, 1.82) is 0 Å². The third-order valence-electron chi connectivity index (χ3n) is 5.05. The van der Waals surface area contributed by atoms with Gasteiger partial charge in [0.25, 0.3) is 0 Å². The van der Waals surface area contributed by atoms with Crippen molar-refractivity contribution in [2.45, 2.75) is 48.8 Å². The summed E-state index contributed by atoms with van der Waals surface area (Å²) in [7, 11) is -0.994. The number of hydroxylamine groups is 1. The van der Waals surface area contributed by atoms with E-state index >= 15 is 0 Å². The van der Waals surface area contributed by atoms with Gasteiger partial charge in [0.1, 0.15) is 0 Å². The number of nitrogens with one attached hydrogen (secondary N) is 2. The van der Waals surface area contributed by atoms with Crippen LogP contribution in [0, 0.1) is 0 Å². The van der Waals surface area contributed by atoms with Crippen molar-refractivity contribution in [3.05, 3.63) is 29.8 Å². The summed E-state index contributed by atoms with van der Waals surface area (Å²) in [4.78, 5) is 7.95. The summed E-state index contributed by atoms with van der Waals surface area (Å²) in [5.41, 5.74) is 4.22. The van der Waals surface area contributed by atoms with E-state index in [4.69, 9.17) is 4.84 Å². The van der Waals surface area contributed by atoms with Gasteiger partial charge in [-0.2, -0.15) is 5.48 Å². The van der Waals surface area contributed by atoms with Gasteiger partial charge < -0.3 is 10.2 Å². The second kappa shape index (κ2) is 7.49. The second-order valence-electron chi connectivity index (χ2n) is 6.83. The van der Waals surface area contributed by atoms with Gasteiger partial charge in [-0.3, -0.25) is 4.90 Å². The number of hydrogen-bond donors (Lipinski definition) is 2. The topological polar surface area (TPSA) is 70.7 Å². The highest BCUT2D eigenvalue weighted by molar-refractivity contribution is 7.90. The summed E-state index contributed by atoms with van der Waals surface area (Å²) in [6.45, 7) is 1.68. The van der Waals surface area contributed by atoms with Gasteiger partial charge in [0, 0.05) is 24.9 Å². The van der Waals surface area contributed by atoms with Crippen molar-refractivity contribution in [1.82, 2.24) is 15.7 Å². The van der Waals surface area contributed by atoms with Crippen molar-refractivity contribution in [3.8, 4) is 0 Å². The Morgan fingerprint density at radius 1 is 1.25 bits per heavy atom. The zero-order chi connectivity index (χ0) is 17.2. The number of sulfone groups is 1. The Morgan fingerprint density at radius 3 is 2.62 bits per heavy atom. The molecule has 134 valence electrons. The predicted molar refractivity (Wildman–Crippen MR) is 93.2 cm³/mol. The smallest absolute Gasteiger partial charge is 0.175 e. The van der Waals surface area contributed by atoms with E-state index < -0.39 is 9.84 Å². The van der Waals surface area contributed by atoms with E-state index in [2.05, 4.69) is 22.7 Å². The molecule has 3 rings (SSSR count). The molecule has 0 aromatic heterocycles. The van der Waals surface area contributed by atoms with Crippen LogP contribution in [0.4, 0.5) is 0 Å². The molecule has 0 aliphatic carbocycles. The Balaban J connectivity index is 1.64. The van der Waals surface area contributed by atoms with Gasteiger partial charge in [-0.15, -0.1) is 0 Å². The largest absolute Gasteiger partial charge is 0.301 e. The lowest BCUT2D eigenvalue weighted by Gasteiger charge is -2.40. The van der Waals surface area contributed by atoms with Gasteiger partial charge in [0.15, 0.2) is 9.84 Å². The zero-order valence-electron chi connectivity index (χ0n) is 14.4. The molecule has 2 N–H and O–H groups in total. The molecule has 0 saturated carbocycles. The fourth-order valence-electron chi connectivity index (χ4n) is 3.57. The highest BCUT2D eigenvalue weighted by Crippen LogP contribution is 2.32. The third kappa shape index (κ3) is 4.15. The van der Waals surface area contributed by atoms with Crippen LogP contribution in [0.1, 0.15) is 37.3 Å². The molecule has 1 aromatic rings. The SMILES string of the molecule is CN1C(NCC2CCON2)CCCC1c1ccc(S(C)(=O)=O)cc1. The predicted octanol–water partition coefficient (Wildman–Crippen LogP) is 1.46. The van der Waals surface area contributed by atoms with Gasteiger partial charge in [0.05, 0.1) is 17.7 Å². The van der Waals surface area contributed by atoms with Crippen molar-refractivity contribution in [2.75, 3.05) is 26.5 Å². The van der Waals surface area contributed by atoms with Crippen LogP contribution < -0.4 is 10.8 Å². The van der Waals surface area contributed by atoms with E-state index in [1.807, 2.05) is 12.1 Å². The normalized spacial score (nSPS) is 29.0. The molecule has 2 fully saturated rings. The summed E-state index contributed by atoms with van der Waals surface area (Å²) < 4.78 is 23.2. The lowest BCUT2D eigenvalue weighted by molar-refractivity contribution is 0.0723. The Labute approximate surface area is 144 Å². The first kappa shape index (κ1) is 17.8. The maximum Gasteiger partial charge on any atom is 0.175 e. The number of benzene rings is 1. The summed E-state index contributed by atoms with van der Waals surface area (Å²) in [5, 5.41) is 3.64. The van der Waals surface area contributed by atoms with Gasteiger partial charge in [-0.25, -0.2) is 8.42 Å². The van der Waals surface area contributed by atoms with Gasteiger partial charge in [0.2, 0.25) is 0 Å². The molecular formula is C17H27N3O3S. The monoisotopic (exact) mass is 353 g/mol. The molecule has 0 spiro atoms. The van der Waals surface area contributed by atoms with Crippen LogP contribution >= 0.6 is 0 Å². The highest BCUT2D eigenvalue weighted by Gasteiger charge is 2.29. The first-order valence-electron chi connectivity index (χ1n) is 8.58. The Kier molecular flexibility index (Phi) is 5.56. The third-order valence-corrected chi connectivity index (χ3v) is 6.18. The van der Waals surface area contributed by atoms with E-state index in [-0.39, 0.29) is 0 Å². The van der Waals surface area contributed by atoms with Crippen LogP contribution in [0.15, 0.2) is 29.2 Å². The van der Waals surface area contributed by atoms with E-state index in [1.54, 1.807) is 12.1 Å². The minimum atomic E-state index is -3.14. The molecular weight excluding hydrogens is 326 g/mol. The van der Waals surface area contributed by atoms with Gasteiger partial charge in [-0.05, 0) is 50.4 Å². The van der Waals surface area contributed by atoms with Crippen LogP contribution in [-0.2, 0) is 14.7 Å². The minimum Gasteiger partial charge on any atom is -0.301 e. The summed E-state index contributed by atoms with van der Waals surface area (Å²) >= 11 is 0. The molecule has 2 heterocycles. The number of rotatable bonds is 5. The number of nitrogens with zero attached hydrogens (tertiary/aromatic N) is 1. The maximum absolute atomic E-state index is 11.6. The van der Waals surface area contributed by atoms with Crippen molar-refractivity contribution in [2.24, 2.45) is 0 Å². The molecule has 3 atom stereocenters. The Bertz CT molecular complexity index is 642. The molecule has 0 bridgehead atoms. The first-order valence-corrected chi connectivity index (χ1v) is 10.5. The van der Waals surface area contributed by atoms with Crippen LogP contribution in [0.25, 0.3) is 0 Å². The minimum absolute atomic E-state index is 0.317. The fraction of sp³-hybridized carbons (Fsp3) is 0.647. The lowest BCUT2D eigenvalue weighted by Crippen LogP contribution is -2.50.